The molecule has 0 aliphatic heterocycles. The molecule has 164 valence electrons. The Bertz CT molecular complexity index is 898. The number of para-hydroxylation sites is 1. The molecule has 2 amide bonds. The number of carbonyl (C=O) groups is 1. The zero-order chi connectivity index (χ0) is 21.5. The highest BCUT2D eigenvalue weighted by atomic mass is 16.2. The van der Waals surface area contributed by atoms with Crippen LogP contribution in [0.1, 0.15) is 57.1 Å². The van der Waals surface area contributed by atoms with E-state index in [0.717, 1.165) is 48.9 Å². The minimum absolute atomic E-state index is 0.0576. The number of amides is 2. The molecule has 1 aromatic heterocycles. The molecule has 0 atom stereocenters. The summed E-state index contributed by atoms with van der Waals surface area (Å²) >= 11 is 0. The van der Waals surface area contributed by atoms with Crippen LogP contribution in [-0.2, 0) is 6.54 Å². The van der Waals surface area contributed by atoms with Gasteiger partial charge in [-0.2, -0.15) is 0 Å². The quantitative estimate of drug-likeness (QED) is 0.688. The van der Waals surface area contributed by atoms with Gasteiger partial charge in [0.1, 0.15) is 0 Å². The molecule has 1 heterocycles. The van der Waals surface area contributed by atoms with E-state index in [4.69, 9.17) is 0 Å². The molecule has 1 aliphatic rings. The molecule has 1 aromatic carbocycles. The number of carbonyl (C=O) groups excluding carboxylic acids is 1. The van der Waals surface area contributed by atoms with Crippen LogP contribution in [0.3, 0.4) is 0 Å². The Hall–Kier alpha value is -2.34. The molecule has 6 heteroatoms. The van der Waals surface area contributed by atoms with Crippen molar-refractivity contribution in [3.63, 3.8) is 0 Å². The van der Waals surface area contributed by atoms with E-state index in [9.17, 15) is 9.59 Å². The third-order valence-electron chi connectivity index (χ3n) is 6.33. The average Bonchev–Trinajstić information content (AvgIpc) is 2.75. The third-order valence-corrected chi connectivity index (χ3v) is 6.33. The van der Waals surface area contributed by atoms with Crippen LogP contribution >= 0.6 is 0 Å². The van der Waals surface area contributed by atoms with E-state index in [-0.39, 0.29) is 17.6 Å². The molecule has 2 aromatic rings. The zero-order valence-electron chi connectivity index (χ0n) is 18.7. The Kier molecular flexibility index (Phi) is 7.91. The van der Waals surface area contributed by atoms with Crippen LogP contribution in [0.15, 0.2) is 29.1 Å². The predicted molar refractivity (Wildman–Crippen MR) is 123 cm³/mol. The van der Waals surface area contributed by atoms with Crippen LogP contribution in [0, 0.1) is 6.92 Å². The largest absolute Gasteiger partial charge is 0.335 e. The third kappa shape index (κ3) is 5.63. The number of pyridine rings is 1. The van der Waals surface area contributed by atoms with Crippen molar-refractivity contribution < 1.29 is 4.79 Å². The summed E-state index contributed by atoms with van der Waals surface area (Å²) in [6.07, 6.45) is 5.70. The fraction of sp³-hybridized carbons (Fsp3) is 0.583. The smallest absolute Gasteiger partial charge is 0.317 e. The normalized spacial score (nSPS) is 14.9. The van der Waals surface area contributed by atoms with E-state index < -0.39 is 0 Å². The maximum Gasteiger partial charge on any atom is 0.317 e. The standard InChI is InChI=1S/C24H36N4O2/c1-4-27(5-2)14-15-28(24(30)25-21-12-7-6-8-13-21)17-20-16-19-11-9-10-18(3)22(19)26-23(20)29/h9-11,16,21H,4-8,12-15,17H2,1-3H3,(H,25,30)(H,26,29). The van der Waals surface area contributed by atoms with Gasteiger partial charge in [-0.1, -0.05) is 51.3 Å². The van der Waals surface area contributed by atoms with Crippen LogP contribution in [0.25, 0.3) is 10.9 Å². The number of hydrogen-bond donors (Lipinski definition) is 2. The summed E-state index contributed by atoms with van der Waals surface area (Å²) in [5.41, 5.74) is 2.43. The second-order valence-corrected chi connectivity index (χ2v) is 8.40. The molecule has 0 unspecified atom stereocenters. The summed E-state index contributed by atoms with van der Waals surface area (Å²) in [5, 5.41) is 4.22. The number of rotatable bonds is 8. The van der Waals surface area contributed by atoms with Crippen LogP contribution in [0.2, 0.25) is 0 Å². The average molecular weight is 413 g/mol. The lowest BCUT2D eigenvalue weighted by molar-refractivity contribution is 0.175. The number of benzene rings is 1. The summed E-state index contributed by atoms with van der Waals surface area (Å²) in [7, 11) is 0. The SMILES string of the molecule is CCN(CC)CCN(Cc1cc2cccc(C)c2[nH]c1=O)C(=O)NC1CCCCC1. The lowest BCUT2D eigenvalue weighted by Gasteiger charge is -2.30. The van der Waals surface area contributed by atoms with Crippen molar-refractivity contribution in [2.75, 3.05) is 26.2 Å². The van der Waals surface area contributed by atoms with Gasteiger partial charge in [0, 0.05) is 24.7 Å². The molecule has 3 rings (SSSR count). The maximum absolute atomic E-state index is 13.1. The monoisotopic (exact) mass is 412 g/mol. The lowest BCUT2D eigenvalue weighted by Crippen LogP contribution is -2.48. The summed E-state index contributed by atoms with van der Waals surface area (Å²) in [5.74, 6) is 0. The molecule has 2 N–H and O–H groups in total. The van der Waals surface area contributed by atoms with Gasteiger partial charge < -0.3 is 20.1 Å². The van der Waals surface area contributed by atoms with Crippen molar-refractivity contribution in [1.82, 2.24) is 20.1 Å². The molecule has 0 saturated heterocycles. The Balaban J connectivity index is 1.80. The molecule has 1 aliphatic carbocycles. The van der Waals surface area contributed by atoms with Crippen molar-refractivity contribution in [3.8, 4) is 0 Å². The Morgan fingerprint density at radius 2 is 1.87 bits per heavy atom. The van der Waals surface area contributed by atoms with Crippen molar-refractivity contribution in [1.29, 1.82) is 0 Å². The van der Waals surface area contributed by atoms with Crippen LogP contribution < -0.4 is 10.9 Å². The van der Waals surface area contributed by atoms with E-state index in [2.05, 4.69) is 29.0 Å². The van der Waals surface area contributed by atoms with Gasteiger partial charge in [0.15, 0.2) is 0 Å². The van der Waals surface area contributed by atoms with Crippen LogP contribution in [0.4, 0.5) is 4.79 Å². The Morgan fingerprint density at radius 3 is 2.57 bits per heavy atom. The van der Waals surface area contributed by atoms with Crippen LogP contribution in [0.5, 0.6) is 0 Å². The maximum atomic E-state index is 13.1. The first-order valence-electron chi connectivity index (χ1n) is 11.4. The van der Waals surface area contributed by atoms with Crippen molar-refractivity contribution in [2.24, 2.45) is 0 Å². The first kappa shape index (κ1) is 22.3. The van der Waals surface area contributed by atoms with E-state index in [1.165, 1.54) is 19.3 Å². The molecule has 0 radical (unpaired) electrons. The first-order valence-corrected chi connectivity index (χ1v) is 11.4. The van der Waals surface area contributed by atoms with Crippen molar-refractivity contribution >= 4 is 16.9 Å². The number of aromatic amines is 1. The topological polar surface area (TPSA) is 68.4 Å². The second kappa shape index (κ2) is 10.6. The molecule has 30 heavy (non-hydrogen) atoms. The molecule has 1 fully saturated rings. The second-order valence-electron chi connectivity index (χ2n) is 8.40. The van der Waals surface area contributed by atoms with Gasteiger partial charge in [0.2, 0.25) is 0 Å². The highest BCUT2D eigenvalue weighted by Gasteiger charge is 2.21. The molecule has 6 nitrogen and oxygen atoms in total. The summed E-state index contributed by atoms with van der Waals surface area (Å²) in [6.45, 7) is 9.87. The number of hydrogen-bond acceptors (Lipinski definition) is 3. The minimum atomic E-state index is -0.116. The molecule has 0 bridgehead atoms. The fourth-order valence-electron chi connectivity index (χ4n) is 4.32. The highest BCUT2D eigenvalue weighted by molar-refractivity contribution is 5.82. The molecular formula is C24H36N4O2. The number of likely N-dealkylation sites (N-methyl/N-ethyl adjacent to an activating group) is 1. The van der Waals surface area contributed by atoms with Gasteiger partial charge in [-0.15, -0.1) is 0 Å². The van der Waals surface area contributed by atoms with Crippen LogP contribution in [-0.4, -0.2) is 53.0 Å². The molecule has 0 spiro atoms. The number of aryl methyl sites for hydroxylation is 1. The number of nitrogens with one attached hydrogen (secondary N) is 2. The minimum Gasteiger partial charge on any atom is -0.335 e. The number of aromatic nitrogens is 1. The Labute approximate surface area is 179 Å². The van der Waals surface area contributed by atoms with Crippen molar-refractivity contribution in [3.05, 3.63) is 45.7 Å². The molecular weight excluding hydrogens is 376 g/mol. The van der Waals surface area contributed by atoms with Gasteiger partial charge in [0.25, 0.3) is 5.56 Å². The van der Waals surface area contributed by atoms with Gasteiger partial charge in [0.05, 0.1) is 12.1 Å². The van der Waals surface area contributed by atoms with E-state index in [1.54, 1.807) is 4.90 Å². The number of urea groups is 1. The number of H-pyrrole nitrogens is 1. The van der Waals surface area contributed by atoms with E-state index in [1.807, 2.05) is 31.2 Å². The Morgan fingerprint density at radius 1 is 1.13 bits per heavy atom. The first-order chi connectivity index (χ1) is 14.5. The zero-order valence-corrected chi connectivity index (χ0v) is 18.7. The highest BCUT2D eigenvalue weighted by Crippen LogP contribution is 2.18. The fourth-order valence-corrected chi connectivity index (χ4v) is 4.32. The number of nitrogens with zero attached hydrogens (tertiary/aromatic N) is 2. The lowest BCUT2D eigenvalue weighted by atomic mass is 9.96. The molecule has 1 saturated carbocycles. The number of fused-ring (bicyclic) bond motifs is 1. The summed E-state index contributed by atoms with van der Waals surface area (Å²) in [4.78, 5) is 33.0. The van der Waals surface area contributed by atoms with Gasteiger partial charge >= 0.3 is 6.03 Å². The predicted octanol–water partition coefficient (Wildman–Crippen LogP) is 4.02. The van der Waals surface area contributed by atoms with Gasteiger partial charge in [-0.05, 0) is 49.9 Å². The van der Waals surface area contributed by atoms with Gasteiger partial charge in [-0.25, -0.2) is 4.79 Å². The summed E-state index contributed by atoms with van der Waals surface area (Å²) < 4.78 is 0. The van der Waals surface area contributed by atoms with E-state index in [0.29, 0.717) is 18.7 Å². The van der Waals surface area contributed by atoms with Gasteiger partial charge in [-0.3, -0.25) is 4.79 Å². The van der Waals surface area contributed by atoms with E-state index >= 15 is 0 Å². The van der Waals surface area contributed by atoms with Crippen molar-refractivity contribution in [2.45, 2.75) is 65.5 Å². The summed E-state index contributed by atoms with van der Waals surface area (Å²) in [6, 6.07) is 8.11.